The maximum Gasteiger partial charge on any atom is 0.184 e. The van der Waals surface area contributed by atoms with Gasteiger partial charge < -0.3 is 9.47 Å². The van der Waals surface area contributed by atoms with Crippen molar-refractivity contribution in [3.63, 3.8) is 0 Å². The van der Waals surface area contributed by atoms with Crippen LogP contribution in [0.15, 0.2) is 164 Å². The Hall–Kier alpha value is -5.64. The van der Waals surface area contributed by atoms with Crippen LogP contribution in [0.3, 0.4) is 0 Å². The third kappa shape index (κ3) is 4.69. The van der Waals surface area contributed by atoms with Gasteiger partial charge in [-0.2, -0.15) is 0 Å². The molecule has 0 aliphatic carbocycles. The SMILES string of the molecule is [2H]C([2H])([2H])c1ccc([Si](c2ccccc2)(c2ccccc2)c2cccc3c2Oc2ccccc2C3(C)C)cc1-c1cccc2c1Oc1ccccc1C2(C)C. The Bertz CT molecular complexity index is 2550. The molecular formula is C49H42O2Si. The highest BCUT2D eigenvalue weighted by Gasteiger charge is 2.47. The fourth-order valence-corrected chi connectivity index (χ4v) is 13.7. The molecule has 2 aliphatic heterocycles. The van der Waals surface area contributed by atoms with Crippen molar-refractivity contribution in [3.05, 3.63) is 192 Å². The summed E-state index contributed by atoms with van der Waals surface area (Å²) >= 11 is 0. The van der Waals surface area contributed by atoms with E-state index >= 15 is 0 Å². The predicted octanol–water partition coefficient (Wildman–Crippen LogP) is 9.90. The molecule has 7 aromatic carbocycles. The van der Waals surface area contributed by atoms with Crippen molar-refractivity contribution in [2.45, 2.75) is 45.4 Å². The van der Waals surface area contributed by atoms with Crippen molar-refractivity contribution in [1.82, 2.24) is 0 Å². The molecule has 0 radical (unpaired) electrons. The number of aryl methyl sites for hydroxylation is 1. The molecule has 52 heavy (non-hydrogen) atoms. The van der Waals surface area contributed by atoms with Crippen LogP contribution in [0.5, 0.6) is 23.0 Å². The molecule has 3 heteroatoms. The Morgan fingerprint density at radius 1 is 0.442 bits per heavy atom. The van der Waals surface area contributed by atoms with Crippen LogP contribution in [0.1, 0.15) is 59.6 Å². The molecule has 0 atom stereocenters. The summed E-state index contributed by atoms with van der Waals surface area (Å²) in [5.74, 6) is 3.20. The average molecular weight is 694 g/mol. The third-order valence-corrected chi connectivity index (χ3v) is 16.3. The van der Waals surface area contributed by atoms with Gasteiger partial charge >= 0.3 is 0 Å². The lowest BCUT2D eigenvalue weighted by molar-refractivity contribution is 0.419. The van der Waals surface area contributed by atoms with Crippen molar-refractivity contribution >= 4 is 28.8 Å². The van der Waals surface area contributed by atoms with Gasteiger partial charge in [0.25, 0.3) is 0 Å². The van der Waals surface area contributed by atoms with E-state index in [1.807, 2.05) is 42.5 Å². The first-order chi connectivity index (χ1) is 26.4. The smallest absolute Gasteiger partial charge is 0.184 e. The lowest BCUT2D eigenvalue weighted by Gasteiger charge is -2.40. The van der Waals surface area contributed by atoms with Crippen LogP contribution >= 0.6 is 0 Å². The number of hydrogen-bond acceptors (Lipinski definition) is 2. The average Bonchev–Trinajstić information content (AvgIpc) is 3.19. The molecule has 0 spiro atoms. The molecule has 254 valence electrons. The van der Waals surface area contributed by atoms with Crippen LogP contribution in [0.25, 0.3) is 11.1 Å². The fraction of sp³-hybridized carbons (Fsp3) is 0.143. The van der Waals surface area contributed by atoms with Gasteiger partial charge in [0.15, 0.2) is 8.07 Å². The van der Waals surface area contributed by atoms with Gasteiger partial charge in [-0.15, -0.1) is 0 Å². The van der Waals surface area contributed by atoms with E-state index in [0.717, 1.165) is 55.4 Å². The van der Waals surface area contributed by atoms with E-state index in [1.165, 1.54) is 10.4 Å². The molecule has 9 rings (SSSR count). The van der Waals surface area contributed by atoms with Gasteiger partial charge in [0.2, 0.25) is 0 Å². The van der Waals surface area contributed by atoms with Crippen LogP contribution in [0.4, 0.5) is 0 Å². The van der Waals surface area contributed by atoms with E-state index in [0.29, 0.717) is 11.3 Å². The monoisotopic (exact) mass is 693 g/mol. The molecule has 0 N–H and O–H groups in total. The molecule has 0 saturated carbocycles. The highest BCUT2D eigenvalue weighted by atomic mass is 28.3. The second-order valence-electron chi connectivity index (χ2n) is 15.1. The summed E-state index contributed by atoms with van der Waals surface area (Å²) in [4.78, 5) is 0. The molecule has 2 aliphatic rings. The highest BCUT2D eigenvalue weighted by Crippen LogP contribution is 2.51. The summed E-state index contributed by atoms with van der Waals surface area (Å²) in [5.41, 5.74) is 5.39. The molecule has 0 fully saturated rings. The molecule has 2 nitrogen and oxygen atoms in total. The van der Waals surface area contributed by atoms with Crippen molar-refractivity contribution in [2.24, 2.45) is 0 Å². The Balaban J connectivity index is 1.38. The summed E-state index contributed by atoms with van der Waals surface area (Å²) in [5, 5.41) is 4.50. The summed E-state index contributed by atoms with van der Waals surface area (Å²) in [6, 6.07) is 56.7. The van der Waals surface area contributed by atoms with E-state index in [9.17, 15) is 0 Å². The van der Waals surface area contributed by atoms with Crippen LogP contribution in [0.2, 0.25) is 0 Å². The molecule has 0 unspecified atom stereocenters. The Morgan fingerprint density at radius 2 is 0.942 bits per heavy atom. The van der Waals surface area contributed by atoms with E-state index in [2.05, 4.69) is 149 Å². The lowest BCUT2D eigenvalue weighted by Crippen LogP contribution is -2.75. The lowest BCUT2D eigenvalue weighted by atomic mass is 9.74. The minimum absolute atomic E-state index is 0.287. The van der Waals surface area contributed by atoms with Crippen molar-refractivity contribution in [3.8, 4) is 34.1 Å². The fourth-order valence-electron chi connectivity index (χ4n) is 8.78. The van der Waals surface area contributed by atoms with E-state index in [-0.39, 0.29) is 16.4 Å². The van der Waals surface area contributed by atoms with E-state index in [1.54, 1.807) is 0 Å². The highest BCUT2D eigenvalue weighted by molar-refractivity contribution is 7.20. The molecular weight excluding hydrogens is 649 g/mol. The number of ether oxygens (including phenoxy) is 2. The van der Waals surface area contributed by atoms with Crippen LogP contribution in [-0.2, 0) is 10.8 Å². The molecule has 7 aromatic rings. The van der Waals surface area contributed by atoms with E-state index in [4.69, 9.17) is 13.6 Å². The van der Waals surface area contributed by atoms with E-state index < -0.39 is 14.9 Å². The summed E-state index contributed by atoms with van der Waals surface area (Å²) in [6.45, 7) is 6.57. The number of benzene rings is 7. The Labute approximate surface area is 312 Å². The largest absolute Gasteiger partial charge is 0.457 e. The standard InChI is InChI=1S/C49H42O2Si/c1-33-30-31-36(32-38(33)37-22-16-25-41-46(37)50-43-27-14-12-23-39(43)48(41,2)3)52(34-18-8-6-9-19-34,35-20-10-7-11-21-35)45-29-17-26-42-47(45)51-44-28-15-13-24-40(44)49(42,4)5/h6-32H,1-5H3/i1D3. The first kappa shape index (κ1) is 29.0. The third-order valence-electron chi connectivity index (χ3n) is 11.5. The zero-order valence-corrected chi connectivity index (χ0v) is 30.9. The van der Waals surface area contributed by atoms with Crippen molar-refractivity contribution in [1.29, 1.82) is 0 Å². The zero-order chi connectivity index (χ0) is 38.2. The van der Waals surface area contributed by atoms with Gasteiger partial charge in [-0.25, -0.2) is 0 Å². The molecule has 0 saturated heterocycles. The quantitative estimate of drug-likeness (QED) is 0.132. The summed E-state index contributed by atoms with van der Waals surface area (Å²) in [6.07, 6.45) is 0. The molecule has 0 aromatic heterocycles. The van der Waals surface area contributed by atoms with Crippen LogP contribution in [0, 0.1) is 6.85 Å². The van der Waals surface area contributed by atoms with Crippen molar-refractivity contribution < 1.29 is 13.6 Å². The predicted molar refractivity (Wildman–Crippen MR) is 218 cm³/mol. The number of para-hydroxylation sites is 4. The van der Waals surface area contributed by atoms with Crippen molar-refractivity contribution in [2.75, 3.05) is 0 Å². The minimum Gasteiger partial charge on any atom is -0.457 e. The maximum atomic E-state index is 8.84. The second-order valence-corrected chi connectivity index (χ2v) is 18.8. The topological polar surface area (TPSA) is 18.5 Å². The first-order valence-corrected chi connectivity index (χ1v) is 20.0. The maximum absolute atomic E-state index is 8.84. The van der Waals surface area contributed by atoms with Crippen LogP contribution < -0.4 is 30.2 Å². The summed E-state index contributed by atoms with van der Waals surface area (Å²) < 4.78 is 40.4. The number of hydrogen-bond donors (Lipinski definition) is 0. The molecule has 2 heterocycles. The van der Waals surface area contributed by atoms with Crippen LogP contribution in [-0.4, -0.2) is 8.07 Å². The molecule has 0 bridgehead atoms. The Morgan fingerprint density at radius 3 is 1.54 bits per heavy atom. The number of rotatable bonds is 5. The number of fused-ring (bicyclic) bond motifs is 4. The molecule has 0 amide bonds. The van der Waals surface area contributed by atoms with Gasteiger partial charge in [0.05, 0.1) is 0 Å². The zero-order valence-electron chi connectivity index (χ0n) is 32.9. The summed E-state index contributed by atoms with van der Waals surface area (Å²) in [7, 11) is -3.28. The normalized spacial score (nSPS) is 16.0. The second kappa shape index (κ2) is 12.0. The minimum atomic E-state index is -3.28. The van der Waals surface area contributed by atoms with Gasteiger partial charge in [-0.1, -0.05) is 179 Å². The van der Waals surface area contributed by atoms with Gasteiger partial charge in [-0.3, -0.25) is 0 Å². The van der Waals surface area contributed by atoms with Gasteiger partial charge in [0, 0.05) is 42.8 Å². The van der Waals surface area contributed by atoms with Gasteiger partial charge in [0.1, 0.15) is 23.0 Å². The van der Waals surface area contributed by atoms with Gasteiger partial charge in [-0.05, 0) is 50.9 Å². The first-order valence-electron chi connectivity index (χ1n) is 19.5. The Kier molecular flexibility index (Phi) is 6.67.